The number of isocyanates is 2. The lowest BCUT2D eigenvalue weighted by molar-refractivity contribution is 0.563. The summed E-state index contributed by atoms with van der Waals surface area (Å²) in [6.45, 7) is 2.33. The monoisotopic (exact) mass is 128 g/mol. The molecule has 9 heavy (non-hydrogen) atoms. The molecule has 0 rings (SSSR count). The number of nitrogens with zero attached hydrogens (tertiary/aromatic N) is 2. The second-order valence-electron chi connectivity index (χ2n) is 0.881. The van der Waals surface area contributed by atoms with Gasteiger partial charge in [-0.25, -0.2) is 19.6 Å². The van der Waals surface area contributed by atoms with Crippen molar-refractivity contribution in [3.8, 4) is 0 Å². The Kier molecular flexibility index (Phi) is 18.8. The molecule has 0 bridgehead atoms. The molecule has 0 saturated carbocycles. The highest BCUT2D eigenvalue weighted by Crippen LogP contribution is 1.52. The number of hydrogen-bond donors (Lipinski definition) is 0. The average molecular weight is 128 g/mol. The molecule has 0 aliphatic carbocycles. The molecule has 0 aliphatic rings. The van der Waals surface area contributed by atoms with Crippen molar-refractivity contribution in [3.63, 3.8) is 0 Å². The minimum atomic E-state index is 0.545. The van der Waals surface area contributed by atoms with Crippen LogP contribution in [0.5, 0.6) is 0 Å². The number of aliphatic imine (C=N–C) groups is 2. The molecule has 4 nitrogen and oxygen atoms in total. The maximum Gasteiger partial charge on any atom is 0.234 e. The fraction of sp³-hybridized carbons (Fsp3) is 0.600. The van der Waals surface area contributed by atoms with E-state index >= 15 is 0 Å². The van der Waals surface area contributed by atoms with Crippen LogP contribution in [0.15, 0.2) is 9.98 Å². The molecule has 0 radical (unpaired) electrons. The second-order valence-corrected chi connectivity index (χ2v) is 0.881. The average Bonchev–Trinajstić information content (AvgIpc) is 1.91. The lowest BCUT2D eigenvalue weighted by Crippen LogP contribution is -1.58. The first kappa shape index (κ1) is 10.7. The van der Waals surface area contributed by atoms with E-state index in [1.54, 1.807) is 6.92 Å². The molecule has 4 heteroatoms. The van der Waals surface area contributed by atoms with Gasteiger partial charge in [0.2, 0.25) is 12.2 Å². The van der Waals surface area contributed by atoms with Crippen LogP contribution in [0, 0.1) is 0 Å². The predicted octanol–water partition coefficient (Wildman–Crippen LogP) is 0.294. The zero-order valence-electron chi connectivity index (χ0n) is 5.42. The quantitative estimate of drug-likeness (QED) is 0.376. The van der Waals surface area contributed by atoms with Crippen molar-refractivity contribution < 1.29 is 9.59 Å². The molecule has 0 unspecified atom stereocenters. The van der Waals surface area contributed by atoms with E-state index in [4.69, 9.17) is 9.59 Å². The smallest absolute Gasteiger partial charge is 0.211 e. The van der Waals surface area contributed by atoms with Crippen molar-refractivity contribution in [2.75, 3.05) is 13.6 Å². The van der Waals surface area contributed by atoms with Crippen LogP contribution in [0.1, 0.15) is 6.92 Å². The van der Waals surface area contributed by atoms with Gasteiger partial charge in [0.05, 0.1) is 0 Å². The fourth-order valence-electron chi connectivity index (χ4n) is 0.0645. The van der Waals surface area contributed by atoms with Gasteiger partial charge in [-0.05, 0) is 6.92 Å². The summed E-state index contributed by atoms with van der Waals surface area (Å²) < 4.78 is 0. The third-order valence-corrected chi connectivity index (χ3v) is 0.314. The largest absolute Gasteiger partial charge is 0.234 e. The third kappa shape index (κ3) is 49.4. The molecule has 0 fully saturated rings. The lowest BCUT2D eigenvalue weighted by Gasteiger charge is -1.58. The molecule has 0 aromatic rings. The summed E-state index contributed by atoms with van der Waals surface area (Å²) in [4.78, 5) is 24.1. The molecular weight excluding hydrogens is 120 g/mol. The number of rotatable bonds is 1. The van der Waals surface area contributed by atoms with Crippen LogP contribution in [0.4, 0.5) is 0 Å². The lowest BCUT2D eigenvalue weighted by atomic mass is 10.8. The van der Waals surface area contributed by atoms with E-state index in [0.717, 1.165) is 0 Å². The summed E-state index contributed by atoms with van der Waals surface area (Å²) >= 11 is 0. The molecule has 0 amide bonds. The Hall–Kier alpha value is -1.24. The van der Waals surface area contributed by atoms with Crippen molar-refractivity contribution in [1.29, 1.82) is 0 Å². The fourth-order valence-corrected chi connectivity index (χ4v) is 0.0645. The zero-order chi connectivity index (χ0) is 7.54. The SMILES string of the molecule is CCN=C=O.CN=C=O. The topological polar surface area (TPSA) is 58.9 Å². The first-order valence-electron chi connectivity index (χ1n) is 2.33. The van der Waals surface area contributed by atoms with E-state index in [-0.39, 0.29) is 0 Å². The summed E-state index contributed by atoms with van der Waals surface area (Å²) in [5, 5.41) is 0. The van der Waals surface area contributed by atoms with Gasteiger partial charge in [0.25, 0.3) is 0 Å². The standard InChI is InChI=1S/C3H5NO.C2H3NO/c1-2-4-3-5;1-3-2-4/h2H2,1H3;1H3. The third-order valence-electron chi connectivity index (χ3n) is 0.314. The van der Waals surface area contributed by atoms with Gasteiger partial charge in [-0.15, -0.1) is 0 Å². The Morgan fingerprint density at radius 1 is 1.33 bits per heavy atom. The first-order chi connectivity index (χ1) is 4.33. The Bertz CT molecular complexity index is 132. The molecule has 0 saturated heterocycles. The molecule has 0 spiro atoms. The maximum atomic E-state index is 9.11. The van der Waals surface area contributed by atoms with Crippen molar-refractivity contribution >= 4 is 12.2 Å². The molecule has 0 aliphatic heterocycles. The second kappa shape index (κ2) is 15.9. The van der Waals surface area contributed by atoms with E-state index in [1.807, 2.05) is 0 Å². The maximum absolute atomic E-state index is 9.11. The van der Waals surface area contributed by atoms with Gasteiger partial charge >= 0.3 is 0 Å². The Morgan fingerprint density at radius 2 is 1.78 bits per heavy atom. The summed E-state index contributed by atoms with van der Waals surface area (Å²) in [5.74, 6) is 0. The van der Waals surface area contributed by atoms with Crippen molar-refractivity contribution in [2.24, 2.45) is 9.98 Å². The molecular formula is C5H8N2O2. The van der Waals surface area contributed by atoms with Crippen LogP contribution in [-0.2, 0) is 9.59 Å². The van der Waals surface area contributed by atoms with Gasteiger partial charge < -0.3 is 0 Å². The molecule has 0 atom stereocenters. The van der Waals surface area contributed by atoms with Crippen LogP contribution in [0.3, 0.4) is 0 Å². The van der Waals surface area contributed by atoms with Gasteiger partial charge in [0.1, 0.15) is 0 Å². The van der Waals surface area contributed by atoms with Crippen molar-refractivity contribution in [3.05, 3.63) is 0 Å². The van der Waals surface area contributed by atoms with E-state index in [2.05, 4.69) is 9.98 Å². The van der Waals surface area contributed by atoms with Gasteiger partial charge in [-0.1, -0.05) is 0 Å². The first-order valence-corrected chi connectivity index (χ1v) is 2.33. The molecule has 0 aromatic carbocycles. The van der Waals surface area contributed by atoms with E-state index in [0.29, 0.717) is 6.54 Å². The highest BCUT2D eigenvalue weighted by Gasteiger charge is 1.52. The van der Waals surface area contributed by atoms with Gasteiger partial charge in [-0.2, -0.15) is 0 Å². The molecule has 0 N–H and O–H groups in total. The van der Waals surface area contributed by atoms with Crippen LogP contribution >= 0.6 is 0 Å². The summed E-state index contributed by atoms with van der Waals surface area (Å²) in [6, 6.07) is 0. The van der Waals surface area contributed by atoms with Crippen LogP contribution in [0.2, 0.25) is 0 Å². The van der Waals surface area contributed by atoms with E-state index in [1.165, 1.54) is 19.2 Å². The Morgan fingerprint density at radius 3 is 1.78 bits per heavy atom. The van der Waals surface area contributed by atoms with E-state index in [9.17, 15) is 0 Å². The predicted molar refractivity (Wildman–Crippen MR) is 32.7 cm³/mol. The van der Waals surface area contributed by atoms with Crippen LogP contribution in [-0.4, -0.2) is 25.8 Å². The Balaban J connectivity index is 0. The van der Waals surface area contributed by atoms with Crippen molar-refractivity contribution in [1.82, 2.24) is 0 Å². The number of hydrogen-bond acceptors (Lipinski definition) is 4. The van der Waals surface area contributed by atoms with Gasteiger partial charge in [0.15, 0.2) is 0 Å². The summed E-state index contributed by atoms with van der Waals surface area (Å²) in [6.07, 6.45) is 2.70. The number of carbonyl (C=O) groups excluding carboxylic acids is 2. The molecule has 0 aromatic heterocycles. The molecule has 0 heterocycles. The minimum Gasteiger partial charge on any atom is -0.211 e. The minimum absolute atomic E-state index is 0.545. The Labute approximate surface area is 53.3 Å². The van der Waals surface area contributed by atoms with Crippen LogP contribution in [0.25, 0.3) is 0 Å². The normalized spacial score (nSPS) is 5.11. The van der Waals surface area contributed by atoms with Crippen molar-refractivity contribution in [2.45, 2.75) is 6.92 Å². The van der Waals surface area contributed by atoms with Gasteiger partial charge in [-0.3, -0.25) is 0 Å². The summed E-state index contributed by atoms with van der Waals surface area (Å²) in [5.41, 5.74) is 0. The van der Waals surface area contributed by atoms with Gasteiger partial charge in [0, 0.05) is 13.6 Å². The van der Waals surface area contributed by atoms with E-state index < -0.39 is 0 Å². The zero-order valence-corrected chi connectivity index (χ0v) is 5.42. The summed E-state index contributed by atoms with van der Waals surface area (Å²) in [7, 11) is 1.38. The highest BCUT2D eigenvalue weighted by atomic mass is 16.1. The molecule has 50 valence electrons. The highest BCUT2D eigenvalue weighted by molar-refractivity contribution is 5.32. The van der Waals surface area contributed by atoms with Crippen LogP contribution < -0.4 is 0 Å².